The van der Waals surface area contributed by atoms with Gasteiger partial charge in [-0.2, -0.15) is 5.10 Å². The maximum absolute atomic E-state index is 12.8. The molecule has 2 amide bonds. The summed E-state index contributed by atoms with van der Waals surface area (Å²) >= 11 is 6.03. The number of likely N-dealkylation sites (tertiary alicyclic amines) is 1. The van der Waals surface area contributed by atoms with Gasteiger partial charge in [0.1, 0.15) is 11.9 Å². The number of hydrogen-bond donors (Lipinski definition) is 1. The molecule has 7 nitrogen and oxygen atoms in total. The van der Waals surface area contributed by atoms with E-state index in [1.807, 2.05) is 37.2 Å². The van der Waals surface area contributed by atoms with Crippen molar-refractivity contribution in [2.24, 2.45) is 18.7 Å². The minimum absolute atomic E-state index is 0.0731. The highest BCUT2D eigenvalue weighted by Gasteiger charge is 2.34. The zero-order valence-corrected chi connectivity index (χ0v) is 17.6. The number of rotatable bonds is 7. The van der Waals surface area contributed by atoms with Gasteiger partial charge in [-0.1, -0.05) is 17.7 Å². The van der Waals surface area contributed by atoms with Gasteiger partial charge in [-0.15, -0.1) is 0 Å². The number of primary amides is 1. The van der Waals surface area contributed by atoms with E-state index in [0.717, 1.165) is 11.3 Å². The van der Waals surface area contributed by atoms with Gasteiger partial charge in [-0.05, 0) is 37.1 Å². The van der Waals surface area contributed by atoms with Crippen molar-refractivity contribution in [3.63, 3.8) is 0 Å². The molecule has 0 bridgehead atoms. The molecule has 1 aromatic carbocycles. The first-order chi connectivity index (χ1) is 13.8. The maximum atomic E-state index is 12.8. The second-order valence-corrected chi connectivity index (χ2v) is 7.99. The van der Waals surface area contributed by atoms with Gasteiger partial charge in [-0.3, -0.25) is 14.3 Å². The van der Waals surface area contributed by atoms with E-state index >= 15 is 0 Å². The Morgan fingerprint density at radius 3 is 2.83 bits per heavy atom. The number of piperidine rings is 1. The quantitative estimate of drug-likeness (QED) is 0.747. The number of ether oxygens (including phenoxy) is 1. The summed E-state index contributed by atoms with van der Waals surface area (Å²) in [6.45, 7) is 3.04. The van der Waals surface area contributed by atoms with Crippen LogP contribution >= 0.6 is 11.6 Å². The lowest BCUT2D eigenvalue weighted by Gasteiger charge is -2.38. The number of aryl methyl sites for hydroxylation is 2. The molecule has 1 aromatic heterocycles. The fourth-order valence-electron chi connectivity index (χ4n) is 3.75. The molecule has 156 valence electrons. The van der Waals surface area contributed by atoms with Crippen LogP contribution in [0.4, 0.5) is 0 Å². The molecule has 29 heavy (non-hydrogen) atoms. The van der Waals surface area contributed by atoms with E-state index in [1.165, 1.54) is 0 Å². The molecule has 0 saturated carbocycles. The molecule has 0 aliphatic carbocycles. The van der Waals surface area contributed by atoms with Gasteiger partial charge in [0.2, 0.25) is 11.8 Å². The van der Waals surface area contributed by atoms with Gasteiger partial charge in [0.05, 0.1) is 6.20 Å². The van der Waals surface area contributed by atoms with E-state index in [0.29, 0.717) is 43.1 Å². The Labute approximate surface area is 175 Å². The Balaban J connectivity index is 1.61. The summed E-state index contributed by atoms with van der Waals surface area (Å²) in [4.78, 5) is 26.2. The summed E-state index contributed by atoms with van der Waals surface area (Å²) < 4.78 is 7.89. The summed E-state index contributed by atoms with van der Waals surface area (Å²) in [5.41, 5.74) is 7.60. The first-order valence-corrected chi connectivity index (χ1v) is 10.2. The summed E-state index contributed by atoms with van der Waals surface area (Å²) in [6.07, 6.45) is 3.50. The van der Waals surface area contributed by atoms with Crippen LogP contribution in [0.2, 0.25) is 5.02 Å². The second kappa shape index (κ2) is 9.31. The molecular formula is C21H27ClN4O3. The van der Waals surface area contributed by atoms with Crippen molar-refractivity contribution in [3.8, 4) is 5.75 Å². The summed E-state index contributed by atoms with van der Waals surface area (Å²) in [5, 5.41) is 4.81. The summed E-state index contributed by atoms with van der Waals surface area (Å²) in [5.74, 6) is 0.187. The van der Waals surface area contributed by atoms with Gasteiger partial charge < -0.3 is 15.4 Å². The standard InChI is InChI=1S/C21H27ClN4O3/c1-14-15(12-24-25(14)2)6-7-21(28)26-9-8-19(16(13-26)10-20(23)27)29-18-5-3-4-17(22)11-18/h3-5,11-12,16,19H,6-10,13H2,1-2H3,(H2,23,27)/t16-,19-/m0/s1. The predicted molar refractivity (Wildman–Crippen MR) is 111 cm³/mol. The Bertz CT molecular complexity index is 883. The third-order valence-electron chi connectivity index (χ3n) is 5.51. The SMILES string of the molecule is Cc1c(CCC(=O)N2CC[C@H](Oc3cccc(Cl)c3)[C@@H](CC(N)=O)C2)cnn1C. The first-order valence-electron chi connectivity index (χ1n) is 9.79. The molecule has 0 radical (unpaired) electrons. The molecule has 0 unspecified atom stereocenters. The maximum Gasteiger partial charge on any atom is 0.222 e. The smallest absolute Gasteiger partial charge is 0.222 e. The van der Waals surface area contributed by atoms with Crippen molar-refractivity contribution in [2.75, 3.05) is 13.1 Å². The van der Waals surface area contributed by atoms with Gasteiger partial charge in [0.15, 0.2) is 0 Å². The number of hydrogen-bond acceptors (Lipinski definition) is 4. The Hall–Kier alpha value is -2.54. The highest BCUT2D eigenvalue weighted by Crippen LogP contribution is 2.27. The van der Waals surface area contributed by atoms with Crippen molar-refractivity contribution in [1.29, 1.82) is 0 Å². The molecule has 2 aromatic rings. The van der Waals surface area contributed by atoms with E-state index in [2.05, 4.69) is 5.10 Å². The lowest BCUT2D eigenvalue weighted by Crippen LogP contribution is -2.49. The van der Waals surface area contributed by atoms with Gasteiger partial charge >= 0.3 is 0 Å². The lowest BCUT2D eigenvalue weighted by atomic mass is 9.90. The molecule has 2 N–H and O–H groups in total. The van der Waals surface area contributed by atoms with Crippen LogP contribution in [0.5, 0.6) is 5.75 Å². The van der Waals surface area contributed by atoms with Crippen molar-refractivity contribution in [3.05, 3.63) is 46.7 Å². The molecule has 2 atom stereocenters. The molecule has 8 heteroatoms. The average Bonchev–Trinajstić information content (AvgIpc) is 2.99. The van der Waals surface area contributed by atoms with Crippen LogP contribution in [0.15, 0.2) is 30.5 Å². The second-order valence-electron chi connectivity index (χ2n) is 7.55. The van der Waals surface area contributed by atoms with Crippen molar-refractivity contribution in [2.45, 2.75) is 38.7 Å². The molecule has 1 fully saturated rings. The molecule has 2 heterocycles. The van der Waals surface area contributed by atoms with Crippen molar-refractivity contribution < 1.29 is 14.3 Å². The van der Waals surface area contributed by atoms with E-state index in [9.17, 15) is 9.59 Å². The van der Waals surface area contributed by atoms with Crippen molar-refractivity contribution >= 4 is 23.4 Å². The number of aromatic nitrogens is 2. The number of nitrogens with zero attached hydrogens (tertiary/aromatic N) is 3. The largest absolute Gasteiger partial charge is 0.490 e. The number of carbonyl (C=O) groups excluding carboxylic acids is 2. The minimum atomic E-state index is -0.394. The normalized spacial score (nSPS) is 19.2. The van der Waals surface area contributed by atoms with Crippen LogP contribution in [-0.2, 0) is 23.1 Å². The highest BCUT2D eigenvalue weighted by atomic mass is 35.5. The number of benzene rings is 1. The molecule has 1 aliphatic heterocycles. The molecule has 3 rings (SSSR count). The predicted octanol–water partition coefficient (Wildman–Crippen LogP) is 2.49. The van der Waals surface area contributed by atoms with Gasteiger partial charge in [0.25, 0.3) is 0 Å². The monoisotopic (exact) mass is 418 g/mol. The van der Waals surface area contributed by atoms with Crippen LogP contribution in [0.25, 0.3) is 0 Å². The number of carbonyl (C=O) groups is 2. The number of halogens is 1. The van der Waals surface area contributed by atoms with E-state index in [4.69, 9.17) is 22.1 Å². The highest BCUT2D eigenvalue weighted by molar-refractivity contribution is 6.30. The first kappa shape index (κ1) is 21.2. The van der Waals surface area contributed by atoms with Crippen LogP contribution in [0.3, 0.4) is 0 Å². The fraction of sp³-hybridized carbons (Fsp3) is 0.476. The topological polar surface area (TPSA) is 90.4 Å². The van der Waals surface area contributed by atoms with Crippen LogP contribution in [0, 0.1) is 12.8 Å². The van der Waals surface area contributed by atoms with E-state index in [1.54, 1.807) is 16.8 Å². The van der Waals surface area contributed by atoms with Crippen molar-refractivity contribution in [1.82, 2.24) is 14.7 Å². The summed E-state index contributed by atoms with van der Waals surface area (Å²) in [6, 6.07) is 7.18. The Morgan fingerprint density at radius 1 is 1.38 bits per heavy atom. The number of amides is 2. The van der Waals surface area contributed by atoms with Gasteiger partial charge in [0, 0.05) is 56.0 Å². The van der Waals surface area contributed by atoms with Crippen LogP contribution in [-0.4, -0.2) is 45.7 Å². The van der Waals surface area contributed by atoms with Crippen LogP contribution in [0.1, 0.15) is 30.5 Å². The Morgan fingerprint density at radius 2 is 2.17 bits per heavy atom. The molecular weight excluding hydrogens is 392 g/mol. The average molecular weight is 419 g/mol. The third kappa shape index (κ3) is 5.50. The lowest BCUT2D eigenvalue weighted by molar-refractivity contribution is -0.136. The zero-order valence-electron chi connectivity index (χ0n) is 16.8. The van der Waals surface area contributed by atoms with E-state index < -0.39 is 5.91 Å². The Kier molecular flexibility index (Phi) is 6.79. The number of nitrogens with two attached hydrogens (primary N) is 1. The minimum Gasteiger partial charge on any atom is -0.490 e. The molecule has 0 spiro atoms. The fourth-order valence-corrected chi connectivity index (χ4v) is 3.93. The zero-order chi connectivity index (χ0) is 21.0. The third-order valence-corrected chi connectivity index (χ3v) is 5.74. The van der Waals surface area contributed by atoms with Gasteiger partial charge in [-0.25, -0.2) is 0 Å². The van der Waals surface area contributed by atoms with Crippen LogP contribution < -0.4 is 10.5 Å². The molecule has 1 saturated heterocycles. The van der Waals surface area contributed by atoms with E-state index in [-0.39, 0.29) is 24.3 Å². The molecule has 1 aliphatic rings. The summed E-state index contributed by atoms with van der Waals surface area (Å²) in [7, 11) is 1.89.